The average molecular weight is 448 g/mol. The summed E-state index contributed by atoms with van der Waals surface area (Å²) in [5.74, 6) is 2.66. The molecule has 7 heteroatoms. The van der Waals surface area contributed by atoms with Gasteiger partial charge >= 0.3 is 0 Å². The second-order valence-electron chi connectivity index (χ2n) is 7.58. The number of carbonyl (C=O) groups is 1. The van der Waals surface area contributed by atoms with Crippen LogP contribution in [-0.2, 0) is 0 Å². The fourth-order valence-electron chi connectivity index (χ4n) is 3.75. The van der Waals surface area contributed by atoms with Gasteiger partial charge in [-0.2, -0.15) is 0 Å². The van der Waals surface area contributed by atoms with Crippen molar-refractivity contribution in [2.24, 2.45) is 0 Å². The van der Waals surface area contributed by atoms with Crippen LogP contribution < -0.4 is 14.8 Å². The van der Waals surface area contributed by atoms with E-state index in [0.29, 0.717) is 22.9 Å². The van der Waals surface area contributed by atoms with Crippen molar-refractivity contribution in [1.29, 1.82) is 0 Å². The molecular weight excluding hydrogens is 422 g/mol. The van der Waals surface area contributed by atoms with E-state index in [0.717, 1.165) is 43.9 Å². The normalized spacial score (nSPS) is 11.9. The van der Waals surface area contributed by atoms with Gasteiger partial charge in [0.05, 0.1) is 25.8 Å². The molecule has 4 aromatic rings. The van der Waals surface area contributed by atoms with Crippen LogP contribution in [0.5, 0.6) is 11.5 Å². The second kappa shape index (κ2) is 8.96. The molecule has 0 fully saturated rings. The number of benzene rings is 2. The minimum atomic E-state index is 0.00133. The second-order valence-corrected chi connectivity index (χ2v) is 8.66. The molecule has 0 bridgehead atoms. The summed E-state index contributed by atoms with van der Waals surface area (Å²) in [6, 6.07) is 13.6. The zero-order chi connectivity index (χ0) is 22.8. The molecule has 2 aromatic heterocycles. The van der Waals surface area contributed by atoms with Crippen molar-refractivity contribution in [3.63, 3.8) is 0 Å². The molecule has 0 radical (unpaired) electrons. The van der Waals surface area contributed by atoms with Crippen molar-refractivity contribution in [3.8, 4) is 21.9 Å². The third-order valence-corrected chi connectivity index (χ3v) is 6.82. The van der Waals surface area contributed by atoms with Crippen LogP contribution in [0.3, 0.4) is 0 Å². The quantitative estimate of drug-likeness (QED) is 0.352. The maximum absolute atomic E-state index is 11.5. The Morgan fingerprint density at radius 1 is 1.03 bits per heavy atom. The summed E-state index contributed by atoms with van der Waals surface area (Å²) in [5, 5.41) is 4.41. The van der Waals surface area contributed by atoms with Gasteiger partial charge in [0.15, 0.2) is 17.8 Å². The molecule has 32 heavy (non-hydrogen) atoms. The highest BCUT2D eigenvalue weighted by molar-refractivity contribution is 7.15. The molecule has 4 rings (SSSR count). The largest absolute Gasteiger partial charge is 0.493 e. The lowest BCUT2D eigenvalue weighted by molar-refractivity contribution is 0.112. The van der Waals surface area contributed by atoms with Crippen LogP contribution in [0, 0.1) is 13.8 Å². The Labute approximate surface area is 191 Å². The van der Waals surface area contributed by atoms with E-state index in [2.05, 4.69) is 35.2 Å². The minimum Gasteiger partial charge on any atom is -0.493 e. The predicted molar refractivity (Wildman–Crippen MR) is 129 cm³/mol. The average Bonchev–Trinajstić information content (AvgIpc) is 3.19. The Bertz CT molecular complexity index is 1300. The fourth-order valence-corrected chi connectivity index (χ4v) is 4.97. The number of anilines is 1. The number of thiophene rings is 1. The number of nitrogens with zero attached hydrogens (tertiary/aromatic N) is 2. The molecule has 0 aliphatic carbocycles. The van der Waals surface area contributed by atoms with Crippen molar-refractivity contribution in [3.05, 3.63) is 64.3 Å². The fraction of sp³-hybridized carbons (Fsp3) is 0.240. The SMILES string of the molecule is COc1cc2nc(C)nc(NC(C)c3cc(C)c(-c4ccccc4C=O)s3)c2cc1OC. The molecule has 2 heterocycles. The maximum atomic E-state index is 11.5. The van der Waals surface area contributed by atoms with Gasteiger partial charge in [0.1, 0.15) is 11.6 Å². The monoisotopic (exact) mass is 447 g/mol. The highest BCUT2D eigenvalue weighted by atomic mass is 32.1. The molecule has 1 unspecified atom stereocenters. The van der Waals surface area contributed by atoms with Gasteiger partial charge in [-0.1, -0.05) is 24.3 Å². The minimum absolute atomic E-state index is 0.00133. The zero-order valence-electron chi connectivity index (χ0n) is 18.7. The van der Waals surface area contributed by atoms with Crippen molar-refractivity contribution in [2.75, 3.05) is 19.5 Å². The summed E-state index contributed by atoms with van der Waals surface area (Å²) in [6.07, 6.45) is 0.910. The van der Waals surface area contributed by atoms with E-state index < -0.39 is 0 Å². The number of aromatic nitrogens is 2. The van der Waals surface area contributed by atoms with Crippen LogP contribution in [0.4, 0.5) is 5.82 Å². The molecule has 0 amide bonds. The van der Waals surface area contributed by atoms with Gasteiger partial charge in [-0.25, -0.2) is 9.97 Å². The first kappa shape index (κ1) is 21.8. The third kappa shape index (κ3) is 4.03. The number of rotatable bonds is 7. The van der Waals surface area contributed by atoms with Crippen molar-refractivity contribution in [1.82, 2.24) is 9.97 Å². The van der Waals surface area contributed by atoms with E-state index in [4.69, 9.17) is 9.47 Å². The Kier molecular flexibility index (Phi) is 6.10. The number of fused-ring (bicyclic) bond motifs is 1. The number of ether oxygens (including phenoxy) is 2. The number of carbonyl (C=O) groups excluding carboxylic acids is 1. The number of nitrogens with one attached hydrogen (secondary N) is 1. The molecule has 0 aliphatic heterocycles. The highest BCUT2D eigenvalue weighted by Gasteiger charge is 2.18. The molecule has 0 aliphatic rings. The lowest BCUT2D eigenvalue weighted by Gasteiger charge is -2.16. The van der Waals surface area contributed by atoms with Crippen molar-refractivity contribution >= 4 is 34.3 Å². The summed E-state index contributed by atoms with van der Waals surface area (Å²) >= 11 is 1.68. The smallest absolute Gasteiger partial charge is 0.162 e. The van der Waals surface area contributed by atoms with Crippen LogP contribution in [-0.4, -0.2) is 30.5 Å². The lowest BCUT2D eigenvalue weighted by Crippen LogP contribution is -2.08. The molecule has 0 spiro atoms. The number of aldehydes is 1. The maximum Gasteiger partial charge on any atom is 0.162 e. The third-order valence-electron chi connectivity index (χ3n) is 5.36. The number of methoxy groups -OCH3 is 2. The van der Waals surface area contributed by atoms with Gasteiger partial charge < -0.3 is 14.8 Å². The first-order valence-corrected chi connectivity index (χ1v) is 11.1. The van der Waals surface area contributed by atoms with E-state index in [9.17, 15) is 4.79 Å². The first-order chi connectivity index (χ1) is 15.4. The lowest BCUT2D eigenvalue weighted by atomic mass is 10.0. The van der Waals surface area contributed by atoms with Gasteiger partial charge in [0, 0.05) is 32.3 Å². The van der Waals surface area contributed by atoms with E-state index in [-0.39, 0.29) is 6.04 Å². The summed E-state index contributed by atoms with van der Waals surface area (Å²) < 4.78 is 10.9. The van der Waals surface area contributed by atoms with E-state index in [1.54, 1.807) is 25.6 Å². The van der Waals surface area contributed by atoms with Gasteiger partial charge in [0.25, 0.3) is 0 Å². The van der Waals surface area contributed by atoms with Crippen LogP contribution in [0.15, 0.2) is 42.5 Å². The van der Waals surface area contributed by atoms with Gasteiger partial charge in [-0.3, -0.25) is 4.79 Å². The number of aryl methyl sites for hydroxylation is 2. The van der Waals surface area contributed by atoms with Crippen LogP contribution in [0.2, 0.25) is 0 Å². The Morgan fingerprint density at radius 3 is 2.47 bits per heavy atom. The van der Waals surface area contributed by atoms with E-state index in [1.807, 2.05) is 43.3 Å². The zero-order valence-corrected chi connectivity index (χ0v) is 19.5. The van der Waals surface area contributed by atoms with E-state index >= 15 is 0 Å². The van der Waals surface area contributed by atoms with Gasteiger partial charge in [-0.15, -0.1) is 11.3 Å². The molecule has 1 atom stereocenters. The van der Waals surface area contributed by atoms with Crippen molar-refractivity contribution in [2.45, 2.75) is 26.8 Å². The van der Waals surface area contributed by atoms with Crippen LogP contribution in [0.1, 0.15) is 39.6 Å². The van der Waals surface area contributed by atoms with E-state index in [1.165, 1.54) is 0 Å². The number of hydrogen-bond donors (Lipinski definition) is 1. The summed E-state index contributed by atoms with van der Waals surface area (Å²) in [4.78, 5) is 23.0. The standard InChI is InChI=1S/C25H25N3O3S/c1-14-10-23(32-24(14)18-9-7-6-8-17(18)13-29)15(2)26-25-19-11-21(30-4)22(31-5)12-20(19)27-16(3)28-25/h6-13,15H,1-5H3,(H,26,27,28). The Balaban J connectivity index is 1.72. The van der Waals surface area contributed by atoms with Crippen LogP contribution in [0.25, 0.3) is 21.3 Å². The molecule has 164 valence electrons. The summed E-state index contributed by atoms with van der Waals surface area (Å²) in [7, 11) is 3.22. The first-order valence-electron chi connectivity index (χ1n) is 10.3. The Morgan fingerprint density at radius 2 is 1.75 bits per heavy atom. The van der Waals surface area contributed by atoms with Crippen molar-refractivity contribution < 1.29 is 14.3 Å². The Hall–Kier alpha value is -3.45. The van der Waals surface area contributed by atoms with Crippen LogP contribution >= 0.6 is 11.3 Å². The molecule has 0 saturated heterocycles. The molecular formula is C25H25N3O3S. The molecule has 1 N–H and O–H groups in total. The van der Waals surface area contributed by atoms with Gasteiger partial charge in [-0.05, 0) is 38.5 Å². The topological polar surface area (TPSA) is 73.3 Å². The molecule has 2 aromatic carbocycles. The van der Waals surface area contributed by atoms with Gasteiger partial charge in [0.2, 0.25) is 0 Å². The predicted octanol–water partition coefficient (Wildman–Crippen LogP) is 5.98. The molecule has 6 nitrogen and oxygen atoms in total. The summed E-state index contributed by atoms with van der Waals surface area (Å²) in [5.41, 5.74) is 3.59. The summed E-state index contributed by atoms with van der Waals surface area (Å²) in [6.45, 7) is 6.05. The number of hydrogen-bond acceptors (Lipinski definition) is 7. The highest BCUT2D eigenvalue weighted by Crippen LogP contribution is 2.39. The molecule has 0 saturated carbocycles.